The first kappa shape index (κ1) is 14.9. The van der Waals surface area contributed by atoms with Gasteiger partial charge in [0.2, 0.25) is 0 Å². The van der Waals surface area contributed by atoms with E-state index in [9.17, 15) is 9.90 Å². The van der Waals surface area contributed by atoms with Gasteiger partial charge in [-0.15, -0.1) is 0 Å². The molecule has 1 fully saturated rings. The number of benzene rings is 1. The summed E-state index contributed by atoms with van der Waals surface area (Å²) in [6.07, 6.45) is 3.78. The van der Waals surface area contributed by atoms with Crippen LogP contribution in [0.1, 0.15) is 48.5 Å². The van der Waals surface area contributed by atoms with E-state index >= 15 is 0 Å². The summed E-state index contributed by atoms with van der Waals surface area (Å²) < 4.78 is 0. The van der Waals surface area contributed by atoms with Crippen LogP contribution in [-0.4, -0.2) is 28.3 Å². The molecule has 1 aromatic rings. The second-order valence-corrected chi connectivity index (χ2v) is 6.10. The summed E-state index contributed by atoms with van der Waals surface area (Å²) in [4.78, 5) is 10.9. The molecule has 0 spiro atoms. The van der Waals surface area contributed by atoms with E-state index in [0.717, 1.165) is 36.9 Å². The summed E-state index contributed by atoms with van der Waals surface area (Å²) in [7, 11) is 0. The minimum absolute atomic E-state index is 0.290. The van der Waals surface area contributed by atoms with Crippen LogP contribution in [0, 0.1) is 12.8 Å². The molecule has 110 valence electrons. The normalized spacial score (nSPS) is 26.2. The summed E-state index contributed by atoms with van der Waals surface area (Å²) in [5.74, 6) is -0.216. The minimum Gasteiger partial charge on any atom is -0.478 e. The third-order valence-corrected chi connectivity index (χ3v) is 4.29. The lowest BCUT2D eigenvalue weighted by Gasteiger charge is -2.35. The fourth-order valence-corrected chi connectivity index (χ4v) is 2.73. The van der Waals surface area contributed by atoms with Gasteiger partial charge in [0.15, 0.2) is 0 Å². The lowest BCUT2D eigenvalue weighted by Crippen LogP contribution is -2.40. The molecule has 1 aliphatic rings. The number of aliphatic hydroxyl groups is 1. The van der Waals surface area contributed by atoms with Crippen LogP contribution in [0.5, 0.6) is 0 Å². The van der Waals surface area contributed by atoms with Crippen molar-refractivity contribution >= 4 is 11.7 Å². The van der Waals surface area contributed by atoms with Gasteiger partial charge in [-0.2, -0.15) is 0 Å². The zero-order chi connectivity index (χ0) is 14.8. The first-order chi connectivity index (χ1) is 9.39. The van der Waals surface area contributed by atoms with Crippen molar-refractivity contribution in [3.8, 4) is 0 Å². The van der Waals surface area contributed by atoms with E-state index in [2.05, 4.69) is 12.2 Å². The van der Waals surface area contributed by atoms with Gasteiger partial charge in [0.25, 0.3) is 0 Å². The van der Waals surface area contributed by atoms with E-state index in [-0.39, 0.29) is 0 Å². The number of carbonyl (C=O) groups is 1. The van der Waals surface area contributed by atoms with Crippen molar-refractivity contribution in [2.24, 2.45) is 5.92 Å². The van der Waals surface area contributed by atoms with Crippen molar-refractivity contribution in [3.05, 3.63) is 29.3 Å². The van der Waals surface area contributed by atoms with Crippen LogP contribution < -0.4 is 5.32 Å². The van der Waals surface area contributed by atoms with Gasteiger partial charge in [0.1, 0.15) is 0 Å². The lowest BCUT2D eigenvalue weighted by molar-refractivity contribution is 0.00500. The maximum Gasteiger partial charge on any atom is 0.335 e. The molecule has 1 aromatic carbocycles. The third kappa shape index (κ3) is 3.51. The predicted octanol–water partition coefficient (Wildman–Crippen LogP) is 3.05. The molecule has 1 saturated carbocycles. The highest BCUT2D eigenvalue weighted by atomic mass is 16.4. The molecule has 0 amide bonds. The Hall–Kier alpha value is -1.55. The molecule has 2 rings (SSSR count). The molecular weight excluding hydrogens is 254 g/mol. The van der Waals surface area contributed by atoms with E-state index in [1.807, 2.05) is 6.92 Å². The van der Waals surface area contributed by atoms with Crippen LogP contribution in [-0.2, 0) is 0 Å². The molecule has 0 unspecified atom stereocenters. The molecule has 0 aliphatic heterocycles. The van der Waals surface area contributed by atoms with E-state index in [1.54, 1.807) is 18.2 Å². The van der Waals surface area contributed by atoms with Crippen molar-refractivity contribution in [2.45, 2.75) is 45.1 Å². The van der Waals surface area contributed by atoms with E-state index in [0.29, 0.717) is 18.0 Å². The Morgan fingerprint density at radius 1 is 1.40 bits per heavy atom. The topological polar surface area (TPSA) is 69.6 Å². The average molecular weight is 277 g/mol. The van der Waals surface area contributed by atoms with Gasteiger partial charge in [0.05, 0.1) is 11.2 Å². The monoisotopic (exact) mass is 277 g/mol. The second kappa shape index (κ2) is 5.83. The SMILES string of the molecule is Cc1cc(C(=O)O)ccc1NCC1(O)CCC(C)CC1. The highest BCUT2D eigenvalue weighted by Gasteiger charge is 2.31. The summed E-state index contributed by atoms with van der Waals surface area (Å²) in [6, 6.07) is 5.01. The summed E-state index contributed by atoms with van der Waals surface area (Å²) in [5, 5.41) is 22.7. The van der Waals surface area contributed by atoms with Gasteiger partial charge in [-0.25, -0.2) is 4.79 Å². The molecule has 4 heteroatoms. The maximum absolute atomic E-state index is 10.9. The third-order valence-electron chi connectivity index (χ3n) is 4.29. The predicted molar refractivity (Wildman–Crippen MR) is 79.2 cm³/mol. The zero-order valence-electron chi connectivity index (χ0n) is 12.1. The van der Waals surface area contributed by atoms with Crippen molar-refractivity contribution in [3.63, 3.8) is 0 Å². The molecule has 1 aliphatic carbocycles. The molecule has 0 saturated heterocycles. The van der Waals surface area contributed by atoms with Crippen LogP contribution >= 0.6 is 0 Å². The number of hydrogen-bond acceptors (Lipinski definition) is 3. The Labute approximate surface area is 119 Å². The first-order valence-electron chi connectivity index (χ1n) is 7.20. The highest BCUT2D eigenvalue weighted by Crippen LogP contribution is 2.32. The number of aromatic carboxylic acids is 1. The van der Waals surface area contributed by atoms with Crippen LogP contribution in [0.15, 0.2) is 18.2 Å². The molecule has 0 aromatic heterocycles. The minimum atomic E-state index is -0.917. The smallest absolute Gasteiger partial charge is 0.335 e. The molecular formula is C16H23NO3. The Bertz CT molecular complexity index is 490. The number of aryl methyl sites for hydroxylation is 1. The van der Waals surface area contributed by atoms with Gasteiger partial charge >= 0.3 is 5.97 Å². The van der Waals surface area contributed by atoms with Gasteiger partial charge in [0, 0.05) is 12.2 Å². The van der Waals surface area contributed by atoms with Crippen LogP contribution in [0.3, 0.4) is 0 Å². The fraction of sp³-hybridized carbons (Fsp3) is 0.562. The van der Waals surface area contributed by atoms with Crippen molar-refractivity contribution in [1.82, 2.24) is 0 Å². The number of carboxylic acid groups (broad SMARTS) is 1. The molecule has 4 nitrogen and oxygen atoms in total. The Balaban J connectivity index is 1.99. The molecule has 20 heavy (non-hydrogen) atoms. The van der Waals surface area contributed by atoms with Crippen LogP contribution in [0.4, 0.5) is 5.69 Å². The largest absolute Gasteiger partial charge is 0.478 e. The van der Waals surface area contributed by atoms with Gasteiger partial charge in [-0.1, -0.05) is 6.92 Å². The molecule has 0 heterocycles. The zero-order valence-corrected chi connectivity index (χ0v) is 12.1. The van der Waals surface area contributed by atoms with Crippen LogP contribution in [0.2, 0.25) is 0 Å². The second-order valence-electron chi connectivity index (χ2n) is 6.10. The number of carboxylic acids is 1. The van der Waals surface area contributed by atoms with E-state index in [1.165, 1.54) is 0 Å². The van der Waals surface area contributed by atoms with Crippen molar-refractivity contribution in [1.29, 1.82) is 0 Å². The average Bonchev–Trinajstić information content (AvgIpc) is 2.41. The van der Waals surface area contributed by atoms with E-state index < -0.39 is 11.6 Å². The Morgan fingerprint density at radius 3 is 2.60 bits per heavy atom. The lowest BCUT2D eigenvalue weighted by atomic mass is 9.79. The fourth-order valence-electron chi connectivity index (χ4n) is 2.73. The van der Waals surface area contributed by atoms with Gasteiger partial charge in [-0.05, 0) is 62.3 Å². The highest BCUT2D eigenvalue weighted by molar-refractivity contribution is 5.88. The molecule has 0 bridgehead atoms. The van der Waals surface area contributed by atoms with Crippen molar-refractivity contribution in [2.75, 3.05) is 11.9 Å². The van der Waals surface area contributed by atoms with Crippen LogP contribution in [0.25, 0.3) is 0 Å². The van der Waals surface area contributed by atoms with Gasteiger partial charge < -0.3 is 15.5 Å². The number of anilines is 1. The molecule has 3 N–H and O–H groups in total. The number of hydrogen-bond donors (Lipinski definition) is 3. The van der Waals surface area contributed by atoms with Crippen molar-refractivity contribution < 1.29 is 15.0 Å². The molecule has 0 atom stereocenters. The number of rotatable bonds is 4. The van der Waals surface area contributed by atoms with E-state index in [4.69, 9.17) is 5.11 Å². The Kier molecular flexibility index (Phi) is 4.33. The maximum atomic E-state index is 10.9. The van der Waals surface area contributed by atoms with Gasteiger partial charge in [-0.3, -0.25) is 0 Å². The summed E-state index contributed by atoms with van der Waals surface area (Å²) >= 11 is 0. The quantitative estimate of drug-likeness (QED) is 0.791. The Morgan fingerprint density at radius 2 is 2.05 bits per heavy atom. The first-order valence-corrected chi connectivity index (χ1v) is 7.20. The summed E-state index contributed by atoms with van der Waals surface area (Å²) in [5.41, 5.74) is 1.43. The summed E-state index contributed by atoms with van der Waals surface area (Å²) in [6.45, 7) is 4.62. The number of nitrogens with one attached hydrogen (secondary N) is 1. The molecule has 0 radical (unpaired) electrons. The standard InChI is InChI=1S/C16H23NO3/c1-11-5-7-16(20,8-6-11)10-17-14-4-3-13(15(18)19)9-12(14)2/h3-4,9,11,17,20H,5-8,10H2,1-2H3,(H,18,19).